The third-order valence-corrected chi connectivity index (χ3v) is 3.18. The van der Waals surface area contributed by atoms with Gasteiger partial charge in [-0.05, 0) is 40.3 Å². The minimum Gasteiger partial charge on any atom is -0.468 e. The lowest BCUT2D eigenvalue weighted by Gasteiger charge is -2.33. The summed E-state index contributed by atoms with van der Waals surface area (Å²) in [6, 6.07) is 0. The smallest absolute Gasteiger partial charge is 0.325 e. The van der Waals surface area contributed by atoms with Crippen molar-refractivity contribution in [3.05, 3.63) is 12.7 Å². The molecule has 0 aromatic heterocycles. The molecule has 0 bridgehead atoms. The van der Waals surface area contributed by atoms with Crippen LogP contribution in [0.15, 0.2) is 12.7 Å². The number of ether oxygens (including phenoxy) is 1. The van der Waals surface area contributed by atoms with E-state index in [1.54, 1.807) is 0 Å². The number of likely N-dealkylation sites (N-methyl/N-ethyl adjacent to an activating group) is 1. The summed E-state index contributed by atoms with van der Waals surface area (Å²) in [7, 11) is 5.28. The number of methoxy groups -OCH3 is 1. The van der Waals surface area contributed by atoms with Crippen LogP contribution in [0.2, 0.25) is 0 Å². The predicted octanol–water partition coefficient (Wildman–Crippen LogP) is 2.62. The van der Waals surface area contributed by atoms with Gasteiger partial charge < -0.3 is 4.74 Å². The first-order valence-electron chi connectivity index (χ1n) is 5.85. The summed E-state index contributed by atoms with van der Waals surface area (Å²) in [6.45, 7) is 5.63. The summed E-state index contributed by atoms with van der Waals surface area (Å²) in [6.07, 6.45) is 7.14. The molecule has 0 aliphatic rings. The highest BCUT2D eigenvalue weighted by Crippen LogP contribution is 2.22. The minimum atomic E-state index is -0.497. The van der Waals surface area contributed by atoms with E-state index in [9.17, 15) is 4.79 Å². The molecule has 16 heavy (non-hydrogen) atoms. The molecule has 0 aliphatic heterocycles. The Morgan fingerprint density at radius 1 is 1.38 bits per heavy atom. The van der Waals surface area contributed by atoms with Crippen LogP contribution in [0.4, 0.5) is 0 Å². The van der Waals surface area contributed by atoms with E-state index in [0.29, 0.717) is 0 Å². The maximum absolute atomic E-state index is 11.7. The molecule has 0 aliphatic carbocycles. The Morgan fingerprint density at radius 3 is 2.44 bits per heavy atom. The number of carbonyl (C=O) groups is 1. The van der Waals surface area contributed by atoms with E-state index < -0.39 is 5.54 Å². The molecule has 0 spiro atoms. The standard InChI is InChI=1S/C13H25NO2/c1-6-7-8-9-10-11-13(2,14(3)4)12(15)16-5/h6H,1,7-11H2,2-5H3/t13-/m0/s1. The Balaban J connectivity index is 4.13. The highest BCUT2D eigenvalue weighted by molar-refractivity contribution is 5.80. The highest BCUT2D eigenvalue weighted by Gasteiger charge is 2.35. The molecular weight excluding hydrogens is 202 g/mol. The first kappa shape index (κ1) is 15.2. The van der Waals surface area contributed by atoms with Crippen LogP contribution < -0.4 is 0 Å². The molecule has 1 atom stereocenters. The van der Waals surface area contributed by atoms with Crippen LogP contribution in [0.3, 0.4) is 0 Å². The van der Waals surface area contributed by atoms with E-state index in [1.165, 1.54) is 7.11 Å². The summed E-state index contributed by atoms with van der Waals surface area (Å²) in [4.78, 5) is 13.7. The van der Waals surface area contributed by atoms with Crippen molar-refractivity contribution >= 4 is 5.97 Å². The Kier molecular flexibility index (Phi) is 7.06. The molecular formula is C13H25NO2. The number of hydrogen-bond acceptors (Lipinski definition) is 3. The molecule has 3 nitrogen and oxygen atoms in total. The van der Waals surface area contributed by atoms with Gasteiger partial charge in [-0.3, -0.25) is 9.69 Å². The van der Waals surface area contributed by atoms with Gasteiger partial charge >= 0.3 is 5.97 Å². The lowest BCUT2D eigenvalue weighted by Crippen LogP contribution is -2.49. The summed E-state index contributed by atoms with van der Waals surface area (Å²) >= 11 is 0. The number of esters is 1. The number of unbranched alkanes of at least 4 members (excludes halogenated alkanes) is 3. The van der Waals surface area contributed by atoms with Crippen LogP contribution in [-0.4, -0.2) is 37.6 Å². The van der Waals surface area contributed by atoms with Crippen LogP contribution in [0.25, 0.3) is 0 Å². The average molecular weight is 227 g/mol. The molecule has 0 heterocycles. The summed E-state index contributed by atoms with van der Waals surface area (Å²) in [5.74, 6) is -0.152. The van der Waals surface area contributed by atoms with Crippen molar-refractivity contribution in [1.29, 1.82) is 0 Å². The Morgan fingerprint density at radius 2 is 2.00 bits per heavy atom. The second kappa shape index (κ2) is 7.44. The average Bonchev–Trinajstić information content (AvgIpc) is 2.27. The van der Waals surface area contributed by atoms with E-state index in [0.717, 1.165) is 32.1 Å². The van der Waals surface area contributed by atoms with Crippen molar-refractivity contribution in [2.75, 3.05) is 21.2 Å². The van der Waals surface area contributed by atoms with Gasteiger partial charge in [-0.15, -0.1) is 6.58 Å². The van der Waals surface area contributed by atoms with Gasteiger partial charge in [0, 0.05) is 0 Å². The molecule has 0 N–H and O–H groups in total. The van der Waals surface area contributed by atoms with E-state index in [-0.39, 0.29) is 5.97 Å². The summed E-state index contributed by atoms with van der Waals surface area (Å²) < 4.78 is 4.86. The maximum Gasteiger partial charge on any atom is 0.325 e. The third kappa shape index (κ3) is 4.35. The monoisotopic (exact) mass is 227 g/mol. The van der Waals surface area contributed by atoms with E-state index in [2.05, 4.69) is 6.58 Å². The Hall–Kier alpha value is -0.830. The quantitative estimate of drug-likeness (QED) is 0.363. The zero-order valence-corrected chi connectivity index (χ0v) is 11.1. The summed E-state index contributed by atoms with van der Waals surface area (Å²) in [5.41, 5.74) is -0.497. The number of allylic oxidation sites excluding steroid dienone is 1. The van der Waals surface area contributed by atoms with Crippen LogP contribution >= 0.6 is 0 Å². The van der Waals surface area contributed by atoms with Crippen LogP contribution in [0, 0.1) is 0 Å². The van der Waals surface area contributed by atoms with Crippen molar-refractivity contribution in [2.45, 2.75) is 44.6 Å². The second-order valence-electron chi connectivity index (χ2n) is 4.55. The molecule has 3 heteroatoms. The van der Waals surface area contributed by atoms with Gasteiger partial charge in [-0.1, -0.05) is 18.9 Å². The number of carbonyl (C=O) groups excluding carboxylic acids is 1. The number of hydrogen-bond donors (Lipinski definition) is 0. The van der Waals surface area contributed by atoms with Gasteiger partial charge in [0.25, 0.3) is 0 Å². The van der Waals surface area contributed by atoms with E-state index in [1.807, 2.05) is 32.0 Å². The largest absolute Gasteiger partial charge is 0.468 e. The SMILES string of the molecule is C=CCCCCC[C@@](C)(C(=O)OC)N(C)C. The first-order chi connectivity index (χ1) is 7.49. The van der Waals surface area contributed by atoms with Gasteiger partial charge in [0.05, 0.1) is 7.11 Å². The second-order valence-corrected chi connectivity index (χ2v) is 4.55. The molecule has 0 unspecified atom stereocenters. The lowest BCUT2D eigenvalue weighted by atomic mass is 9.93. The lowest BCUT2D eigenvalue weighted by molar-refractivity contribution is -0.153. The third-order valence-electron chi connectivity index (χ3n) is 3.18. The molecule has 0 saturated carbocycles. The van der Waals surface area contributed by atoms with Gasteiger partial charge in [0.1, 0.15) is 5.54 Å². The molecule has 0 saturated heterocycles. The van der Waals surface area contributed by atoms with Gasteiger partial charge in [0.2, 0.25) is 0 Å². The fourth-order valence-corrected chi connectivity index (χ4v) is 1.66. The molecule has 0 fully saturated rings. The first-order valence-corrected chi connectivity index (χ1v) is 5.85. The van der Waals surface area contributed by atoms with Gasteiger partial charge in [-0.2, -0.15) is 0 Å². The van der Waals surface area contributed by atoms with Crippen molar-refractivity contribution in [2.24, 2.45) is 0 Å². The van der Waals surface area contributed by atoms with E-state index >= 15 is 0 Å². The number of nitrogens with zero attached hydrogens (tertiary/aromatic N) is 1. The molecule has 0 aromatic rings. The zero-order chi connectivity index (χ0) is 12.6. The molecule has 0 aromatic carbocycles. The van der Waals surface area contributed by atoms with Gasteiger partial charge in [0.15, 0.2) is 0 Å². The summed E-state index contributed by atoms with van der Waals surface area (Å²) in [5, 5.41) is 0. The number of rotatable bonds is 8. The molecule has 0 rings (SSSR count). The predicted molar refractivity (Wildman–Crippen MR) is 67.4 cm³/mol. The van der Waals surface area contributed by atoms with Crippen LogP contribution in [0.1, 0.15) is 39.0 Å². The Bertz CT molecular complexity index is 226. The fraction of sp³-hybridized carbons (Fsp3) is 0.769. The van der Waals surface area contributed by atoms with Crippen molar-refractivity contribution < 1.29 is 9.53 Å². The van der Waals surface area contributed by atoms with Crippen LogP contribution in [-0.2, 0) is 9.53 Å². The molecule has 94 valence electrons. The normalized spacial score (nSPS) is 14.6. The van der Waals surface area contributed by atoms with Crippen molar-refractivity contribution in [3.63, 3.8) is 0 Å². The topological polar surface area (TPSA) is 29.5 Å². The fourth-order valence-electron chi connectivity index (χ4n) is 1.66. The van der Waals surface area contributed by atoms with E-state index in [4.69, 9.17) is 4.74 Å². The molecule has 0 amide bonds. The Labute approximate surface area is 99.5 Å². The highest BCUT2D eigenvalue weighted by atomic mass is 16.5. The van der Waals surface area contributed by atoms with Crippen molar-refractivity contribution in [3.8, 4) is 0 Å². The van der Waals surface area contributed by atoms with Crippen LogP contribution in [0.5, 0.6) is 0 Å². The zero-order valence-electron chi connectivity index (χ0n) is 11.1. The minimum absolute atomic E-state index is 0.152. The van der Waals surface area contributed by atoms with Crippen molar-refractivity contribution in [1.82, 2.24) is 4.90 Å². The van der Waals surface area contributed by atoms with Gasteiger partial charge in [-0.25, -0.2) is 0 Å². The molecule has 0 radical (unpaired) electrons. The maximum atomic E-state index is 11.7.